The lowest BCUT2D eigenvalue weighted by atomic mass is 10.1. The van der Waals surface area contributed by atoms with Crippen LogP contribution in [0.25, 0.3) is 0 Å². The topological polar surface area (TPSA) is 29.5 Å². The maximum atomic E-state index is 13.2. The standard InChI is InChI=1S/C15H22F2O2/c16-13-8-9-15(14(17)12-13)19-11-7-5-3-1-2-4-6-10-18/h8-9,12,18H,1-7,10-11H2. The Kier molecular flexibility index (Phi) is 8.14. The quantitative estimate of drug-likeness (QED) is 0.651. The molecule has 0 heterocycles. The molecule has 1 N–H and O–H groups in total. The molecule has 0 aliphatic carbocycles. The molecule has 0 aliphatic heterocycles. The summed E-state index contributed by atoms with van der Waals surface area (Å²) in [6.45, 7) is 0.732. The minimum absolute atomic E-state index is 0.115. The van der Waals surface area contributed by atoms with Crippen molar-refractivity contribution < 1.29 is 18.6 Å². The number of halogens is 2. The van der Waals surface area contributed by atoms with Crippen LogP contribution in [0.3, 0.4) is 0 Å². The van der Waals surface area contributed by atoms with Crippen molar-refractivity contribution in [3.63, 3.8) is 0 Å². The zero-order valence-electron chi connectivity index (χ0n) is 11.2. The SMILES string of the molecule is OCCCCCCCCCOc1ccc(F)cc1F. The summed E-state index contributed by atoms with van der Waals surface area (Å²) in [4.78, 5) is 0. The van der Waals surface area contributed by atoms with Gasteiger partial charge < -0.3 is 9.84 Å². The Labute approximate surface area is 113 Å². The van der Waals surface area contributed by atoms with E-state index < -0.39 is 11.6 Å². The van der Waals surface area contributed by atoms with E-state index in [0.29, 0.717) is 6.61 Å². The number of aliphatic hydroxyl groups excluding tert-OH is 1. The summed E-state index contributed by atoms with van der Waals surface area (Å²) in [7, 11) is 0. The summed E-state index contributed by atoms with van der Waals surface area (Å²) >= 11 is 0. The first-order chi connectivity index (χ1) is 9.24. The van der Waals surface area contributed by atoms with Crippen molar-refractivity contribution in [3.05, 3.63) is 29.8 Å². The van der Waals surface area contributed by atoms with Gasteiger partial charge in [0.05, 0.1) is 6.61 Å². The minimum atomic E-state index is -0.649. The second-order valence-corrected chi connectivity index (χ2v) is 4.62. The molecule has 0 aliphatic rings. The van der Waals surface area contributed by atoms with Gasteiger partial charge in [-0.25, -0.2) is 8.78 Å². The third-order valence-electron chi connectivity index (χ3n) is 2.95. The minimum Gasteiger partial charge on any atom is -0.491 e. The molecule has 0 saturated heterocycles. The Morgan fingerprint density at radius 3 is 2.16 bits per heavy atom. The van der Waals surface area contributed by atoms with Crippen LogP contribution in [0.1, 0.15) is 44.9 Å². The van der Waals surface area contributed by atoms with Crippen LogP contribution in [-0.2, 0) is 0 Å². The predicted molar refractivity (Wildman–Crippen MR) is 71.3 cm³/mol. The number of hydrogen-bond donors (Lipinski definition) is 1. The molecule has 0 fully saturated rings. The normalized spacial score (nSPS) is 10.7. The molecule has 1 aromatic carbocycles. The highest BCUT2D eigenvalue weighted by molar-refractivity contribution is 5.24. The highest BCUT2D eigenvalue weighted by atomic mass is 19.1. The molecule has 4 heteroatoms. The summed E-state index contributed by atoms with van der Waals surface area (Å²) in [5.41, 5.74) is 0. The summed E-state index contributed by atoms with van der Waals surface area (Å²) in [6.07, 6.45) is 7.30. The van der Waals surface area contributed by atoms with Gasteiger partial charge in [0, 0.05) is 12.7 Å². The van der Waals surface area contributed by atoms with E-state index in [4.69, 9.17) is 9.84 Å². The van der Waals surface area contributed by atoms with Gasteiger partial charge in [-0.3, -0.25) is 0 Å². The van der Waals surface area contributed by atoms with Gasteiger partial charge in [0.2, 0.25) is 0 Å². The van der Waals surface area contributed by atoms with Crippen molar-refractivity contribution in [2.24, 2.45) is 0 Å². The first-order valence-corrected chi connectivity index (χ1v) is 6.93. The largest absolute Gasteiger partial charge is 0.491 e. The molecule has 108 valence electrons. The van der Waals surface area contributed by atoms with Gasteiger partial charge in [0.25, 0.3) is 0 Å². The number of rotatable bonds is 10. The van der Waals surface area contributed by atoms with Gasteiger partial charge in [-0.2, -0.15) is 0 Å². The Hall–Kier alpha value is -1.16. The molecule has 2 nitrogen and oxygen atoms in total. The van der Waals surface area contributed by atoms with Crippen molar-refractivity contribution in [1.29, 1.82) is 0 Å². The van der Waals surface area contributed by atoms with Crippen molar-refractivity contribution in [1.82, 2.24) is 0 Å². The van der Waals surface area contributed by atoms with Crippen LogP contribution in [0, 0.1) is 11.6 Å². The van der Waals surface area contributed by atoms with Crippen molar-refractivity contribution in [2.75, 3.05) is 13.2 Å². The van der Waals surface area contributed by atoms with Crippen LogP contribution in [0.15, 0.2) is 18.2 Å². The molecular formula is C15H22F2O2. The lowest BCUT2D eigenvalue weighted by Crippen LogP contribution is -1.99. The van der Waals surface area contributed by atoms with Gasteiger partial charge >= 0.3 is 0 Å². The zero-order chi connectivity index (χ0) is 13.9. The lowest BCUT2D eigenvalue weighted by Gasteiger charge is -2.07. The molecule has 19 heavy (non-hydrogen) atoms. The first-order valence-electron chi connectivity index (χ1n) is 6.93. The fraction of sp³-hybridized carbons (Fsp3) is 0.600. The van der Waals surface area contributed by atoms with E-state index >= 15 is 0 Å². The Morgan fingerprint density at radius 1 is 0.895 bits per heavy atom. The third kappa shape index (κ3) is 7.11. The number of aliphatic hydroxyl groups is 1. The Balaban J connectivity index is 2.01. The third-order valence-corrected chi connectivity index (χ3v) is 2.95. The second-order valence-electron chi connectivity index (χ2n) is 4.62. The molecule has 0 aromatic heterocycles. The van der Waals surface area contributed by atoms with Gasteiger partial charge in [0.1, 0.15) is 5.82 Å². The fourth-order valence-electron chi connectivity index (χ4n) is 1.87. The van der Waals surface area contributed by atoms with Crippen LogP contribution >= 0.6 is 0 Å². The summed E-state index contributed by atoms with van der Waals surface area (Å²) in [6, 6.07) is 3.34. The van der Waals surface area contributed by atoms with Crippen molar-refractivity contribution in [2.45, 2.75) is 44.9 Å². The van der Waals surface area contributed by atoms with Crippen LogP contribution in [0.5, 0.6) is 5.75 Å². The molecule has 0 atom stereocenters. The molecule has 1 rings (SSSR count). The Bertz CT molecular complexity index is 356. The number of hydrogen-bond acceptors (Lipinski definition) is 2. The average molecular weight is 272 g/mol. The fourth-order valence-corrected chi connectivity index (χ4v) is 1.87. The smallest absolute Gasteiger partial charge is 0.167 e. The number of benzene rings is 1. The highest BCUT2D eigenvalue weighted by Gasteiger charge is 2.04. The van der Waals surface area contributed by atoms with Gasteiger partial charge in [-0.05, 0) is 25.0 Å². The van der Waals surface area contributed by atoms with Crippen molar-refractivity contribution >= 4 is 0 Å². The average Bonchev–Trinajstić information content (AvgIpc) is 2.39. The molecule has 0 bridgehead atoms. The summed E-state index contributed by atoms with van der Waals surface area (Å²) in [5.74, 6) is -1.12. The van der Waals surface area contributed by atoms with Gasteiger partial charge in [-0.1, -0.05) is 32.1 Å². The summed E-state index contributed by atoms with van der Waals surface area (Å²) in [5, 5.41) is 8.62. The number of unbranched alkanes of at least 4 members (excludes halogenated alkanes) is 6. The van der Waals surface area contributed by atoms with E-state index in [0.717, 1.165) is 51.0 Å². The molecular weight excluding hydrogens is 250 g/mol. The molecule has 0 amide bonds. The maximum absolute atomic E-state index is 13.2. The van der Waals surface area contributed by atoms with E-state index in [9.17, 15) is 8.78 Å². The molecule has 0 radical (unpaired) electrons. The maximum Gasteiger partial charge on any atom is 0.167 e. The first kappa shape index (κ1) is 15.9. The van der Waals surface area contributed by atoms with E-state index in [1.807, 2.05) is 0 Å². The molecule has 0 spiro atoms. The van der Waals surface area contributed by atoms with E-state index in [1.165, 1.54) is 12.1 Å². The van der Waals surface area contributed by atoms with E-state index in [-0.39, 0.29) is 12.4 Å². The predicted octanol–water partition coefficient (Wildman–Crippen LogP) is 4.07. The van der Waals surface area contributed by atoms with E-state index in [2.05, 4.69) is 0 Å². The second kappa shape index (κ2) is 9.73. The molecule has 0 unspecified atom stereocenters. The number of ether oxygens (including phenoxy) is 1. The highest BCUT2D eigenvalue weighted by Crippen LogP contribution is 2.18. The van der Waals surface area contributed by atoms with Crippen LogP contribution < -0.4 is 4.74 Å². The van der Waals surface area contributed by atoms with E-state index in [1.54, 1.807) is 0 Å². The summed E-state index contributed by atoms with van der Waals surface area (Å²) < 4.78 is 31.1. The zero-order valence-corrected chi connectivity index (χ0v) is 11.2. The van der Waals surface area contributed by atoms with Crippen LogP contribution in [0.2, 0.25) is 0 Å². The van der Waals surface area contributed by atoms with Gasteiger partial charge in [-0.15, -0.1) is 0 Å². The molecule has 0 saturated carbocycles. The Morgan fingerprint density at radius 2 is 1.53 bits per heavy atom. The monoisotopic (exact) mass is 272 g/mol. The van der Waals surface area contributed by atoms with Gasteiger partial charge in [0.15, 0.2) is 11.6 Å². The lowest BCUT2D eigenvalue weighted by molar-refractivity contribution is 0.280. The van der Waals surface area contributed by atoms with Crippen molar-refractivity contribution in [3.8, 4) is 5.75 Å². The van der Waals surface area contributed by atoms with Crippen LogP contribution in [-0.4, -0.2) is 18.3 Å². The van der Waals surface area contributed by atoms with Crippen LogP contribution in [0.4, 0.5) is 8.78 Å². The molecule has 1 aromatic rings.